The summed E-state index contributed by atoms with van der Waals surface area (Å²) in [5.74, 6) is -1.42. The first-order valence-corrected chi connectivity index (χ1v) is 18.2. The number of benzene rings is 2. The van der Waals surface area contributed by atoms with Crippen LogP contribution in [0.4, 0.5) is 0 Å². The van der Waals surface area contributed by atoms with Gasteiger partial charge < -0.3 is 19.8 Å². The third-order valence-corrected chi connectivity index (χ3v) is 13.2. The largest absolute Gasteiger partial charge is 0.394 e. The van der Waals surface area contributed by atoms with E-state index in [0.717, 1.165) is 43.2 Å². The summed E-state index contributed by atoms with van der Waals surface area (Å²) >= 11 is 1.71. The molecule has 3 heterocycles. The van der Waals surface area contributed by atoms with E-state index in [9.17, 15) is 9.90 Å². The monoisotopic (exact) mass is 655 g/mol. The van der Waals surface area contributed by atoms with Gasteiger partial charge >= 0.3 is 0 Å². The van der Waals surface area contributed by atoms with Crippen molar-refractivity contribution in [3.05, 3.63) is 97.1 Å². The summed E-state index contributed by atoms with van der Waals surface area (Å²) in [5.41, 5.74) is 2.01. The van der Waals surface area contributed by atoms with Crippen molar-refractivity contribution in [2.45, 2.75) is 86.5 Å². The molecule has 2 aromatic carbocycles. The lowest BCUT2D eigenvalue weighted by molar-refractivity contribution is -0.148. The first kappa shape index (κ1) is 33.5. The smallest absolute Gasteiger partial charge is 0.247 e. The second-order valence-electron chi connectivity index (χ2n) is 13.9. The third kappa shape index (κ3) is 6.08. The van der Waals surface area contributed by atoms with Crippen molar-refractivity contribution >= 4 is 29.5 Å². The molecule has 7 atom stereocenters. The number of aliphatic hydroxyl groups excluding tert-OH is 1. The normalized spacial score (nSPS) is 28.9. The summed E-state index contributed by atoms with van der Waals surface area (Å²) in [4.78, 5) is 50.4. The summed E-state index contributed by atoms with van der Waals surface area (Å²) in [6.45, 7) is 11.0. The molecule has 1 spiro atoms. The molecule has 1 aliphatic carbocycles. The van der Waals surface area contributed by atoms with Gasteiger partial charge in [0.25, 0.3) is 0 Å². The number of aliphatic hydroxyl groups is 1. The van der Waals surface area contributed by atoms with Gasteiger partial charge in [-0.15, -0.1) is 24.9 Å². The number of hydrogen-bond acceptors (Lipinski definition) is 5. The highest BCUT2D eigenvalue weighted by atomic mass is 32.2. The topological polar surface area (TPSA) is 81.2 Å². The van der Waals surface area contributed by atoms with Crippen LogP contribution in [0.15, 0.2) is 86.0 Å². The van der Waals surface area contributed by atoms with Crippen LogP contribution >= 0.6 is 11.8 Å². The number of thioether (sulfide) groups is 1. The molecule has 4 fully saturated rings. The SMILES string of the molecule is C=CCN(Cc1ccccc1)C(=O)[C@@H]1[C@@H]2CC(C)C3(S2)C(C(=O)N(CC=C)C2CCCCC2)N([C@@H](CO)Cc2ccccc2)C(=O)[C@H]13. The fraction of sp³-hybridized carbons (Fsp3) is 0.513. The van der Waals surface area contributed by atoms with Crippen molar-refractivity contribution < 1.29 is 19.5 Å². The summed E-state index contributed by atoms with van der Waals surface area (Å²) in [5, 5.41) is 10.9. The molecule has 3 saturated heterocycles. The molecular formula is C39H49N3O4S. The number of carbonyl (C=O) groups is 3. The van der Waals surface area contributed by atoms with Gasteiger partial charge in [0.2, 0.25) is 17.7 Å². The van der Waals surface area contributed by atoms with E-state index in [1.165, 1.54) is 6.42 Å². The Morgan fingerprint density at radius 1 is 0.979 bits per heavy atom. The Kier molecular flexibility index (Phi) is 10.3. The van der Waals surface area contributed by atoms with Crippen LogP contribution in [0, 0.1) is 17.8 Å². The summed E-state index contributed by atoms with van der Waals surface area (Å²) in [6, 6.07) is 18.5. The molecule has 2 aromatic rings. The average molecular weight is 656 g/mol. The molecule has 1 saturated carbocycles. The molecule has 8 heteroatoms. The zero-order valence-corrected chi connectivity index (χ0v) is 28.4. The van der Waals surface area contributed by atoms with Crippen LogP contribution < -0.4 is 0 Å². The van der Waals surface area contributed by atoms with Crippen LogP contribution in [0.2, 0.25) is 0 Å². The van der Waals surface area contributed by atoms with Gasteiger partial charge in [-0.25, -0.2) is 0 Å². The number of likely N-dealkylation sites (tertiary alicyclic amines) is 1. The highest BCUT2D eigenvalue weighted by molar-refractivity contribution is 8.02. The molecule has 3 aliphatic heterocycles. The number of carbonyl (C=O) groups excluding carboxylic acids is 3. The average Bonchev–Trinajstić information content (AvgIpc) is 3.70. The van der Waals surface area contributed by atoms with Gasteiger partial charge in [-0.3, -0.25) is 14.4 Å². The fourth-order valence-corrected chi connectivity index (χ4v) is 11.5. The molecule has 6 rings (SSSR count). The Bertz CT molecular complexity index is 1450. The van der Waals surface area contributed by atoms with E-state index in [0.29, 0.717) is 26.1 Å². The second kappa shape index (κ2) is 14.4. The van der Waals surface area contributed by atoms with Crippen LogP contribution in [0.25, 0.3) is 0 Å². The molecule has 3 amide bonds. The summed E-state index contributed by atoms with van der Waals surface area (Å²) < 4.78 is -0.760. The maximum atomic E-state index is 15.2. The lowest BCUT2D eigenvalue weighted by atomic mass is 9.65. The molecule has 250 valence electrons. The Morgan fingerprint density at radius 3 is 2.23 bits per heavy atom. The minimum Gasteiger partial charge on any atom is -0.394 e. The van der Waals surface area contributed by atoms with E-state index in [-0.39, 0.29) is 41.5 Å². The van der Waals surface area contributed by atoms with E-state index in [4.69, 9.17) is 0 Å². The molecule has 0 aromatic heterocycles. The van der Waals surface area contributed by atoms with E-state index in [1.54, 1.807) is 28.8 Å². The fourth-order valence-electron chi connectivity index (χ4n) is 9.06. The lowest BCUT2D eigenvalue weighted by Crippen LogP contribution is -2.61. The Labute approximate surface area is 284 Å². The van der Waals surface area contributed by atoms with Crippen molar-refractivity contribution in [1.29, 1.82) is 0 Å². The molecule has 0 radical (unpaired) electrons. The number of amides is 3. The van der Waals surface area contributed by atoms with Crippen LogP contribution in [0.3, 0.4) is 0 Å². The number of fused-ring (bicyclic) bond motifs is 1. The predicted octanol–water partition coefficient (Wildman–Crippen LogP) is 5.49. The van der Waals surface area contributed by atoms with Gasteiger partial charge in [-0.1, -0.05) is 99.0 Å². The lowest BCUT2D eigenvalue weighted by Gasteiger charge is -2.44. The highest BCUT2D eigenvalue weighted by Crippen LogP contribution is 2.69. The predicted molar refractivity (Wildman–Crippen MR) is 187 cm³/mol. The summed E-state index contributed by atoms with van der Waals surface area (Å²) in [6.07, 6.45) is 9.92. The molecule has 7 nitrogen and oxygen atoms in total. The summed E-state index contributed by atoms with van der Waals surface area (Å²) in [7, 11) is 0. The standard InChI is InChI=1S/C39H49N3O4S/c1-4-21-40(25-29-17-11-7-12-18-29)36(44)33-32-23-27(3)39(47-32)34(33)37(45)42(31(26-43)24-28-15-9-6-10-16-28)35(39)38(46)41(22-5-2)30-19-13-8-14-20-30/h4-7,9-12,15-18,27,30-35,43H,1-2,8,13-14,19-26H2,3H3/t27?,31-,32+,33-,34+,35?,39?/m1/s1. The highest BCUT2D eigenvalue weighted by Gasteiger charge is 2.77. The first-order valence-electron chi connectivity index (χ1n) is 17.3. The molecule has 2 bridgehead atoms. The van der Waals surface area contributed by atoms with Gasteiger partial charge in [0.05, 0.1) is 29.2 Å². The molecule has 4 aliphatic rings. The Balaban J connectivity index is 1.42. The van der Waals surface area contributed by atoms with Crippen molar-refractivity contribution in [1.82, 2.24) is 14.7 Å². The van der Waals surface area contributed by atoms with E-state index in [1.807, 2.05) is 70.5 Å². The Hall–Kier alpha value is -3.36. The van der Waals surface area contributed by atoms with Crippen LogP contribution in [0.1, 0.15) is 56.6 Å². The van der Waals surface area contributed by atoms with Crippen molar-refractivity contribution in [3.8, 4) is 0 Å². The van der Waals surface area contributed by atoms with Crippen LogP contribution in [-0.4, -0.2) is 85.3 Å². The van der Waals surface area contributed by atoms with Crippen molar-refractivity contribution in [2.24, 2.45) is 17.8 Å². The zero-order valence-electron chi connectivity index (χ0n) is 27.6. The van der Waals surface area contributed by atoms with E-state index in [2.05, 4.69) is 20.1 Å². The van der Waals surface area contributed by atoms with Crippen LogP contribution in [-0.2, 0) is 27.3 Å². The molecular weight excluding hydrogens is 607 g/mol. The van der Waals surface area contributed by atoms with Gasteiger partial charge in [0.1, 0.15) is 6.04 Å². The van der Waals surface area contributed by atoms with Gasteiger partial charge in [-0.2, -0.15) is 0 Å². The zero-order chi connectivity index (χ0) is 33.1. The Morgan fingerprint density at radius 2 is 1.62 bits per heavy atom. The molecule has 47 heavy (non-hydrogen) atoms. The minimum absolute atomic E-state index is 0.0458. The number of hydrogen-bond donors (Lipinski definition) is 1. The van der Waals surface area contributed by atoms with Crippen LogP contribution in [0.5, 0.6) is 0 Å². The van der Waals surface area contributed by atoms with Crippen molar-refractivity contribution in [2.75, 3.05) is 19.7 Å². The number of nitrogens with zero attached hydrogens (tertiary/aromatic N) is 3. The maximum absolute atomic E-state index is 15.2. The van der Waals surface area contributed by atoms with Gasteiger partial charge in [0, 0.05) is 30.9 Å². The van der Waals surface area contributed by atoms with Crippen molar-refractivity contribution in [3.63, 3.8) is 0 Å². The van der Waals surface area contributed by atoms with E-state index >= 15 is 9.59 Å². The number of rotatable bonds is 13. The maximum Gasteiger partial charge on any atom is 0.247 e. The van der Waals surface area contributed by atoms with Gasteiger partial charge in [0.15, 0.2) is 0 Å². The molecule has 1 N–H and O–H groups in total. The quantitative estimate of drug-likeness (QED) is 0.289. The van der Waals surface area contributed by atoms with E-state index < -0.39 is 28.7 Å². The second-order valence-corrected chi connectivity index (χ2v) is 15.4. The minimum atomic E-state index is -0.771. The molecule has 3 unspecified atom stereocenters. The van der Waals surface area contributed by atoms with Gasteiger partial charge in [-0.05, 0) is 42.7 Å². The third-order valence-electron chi connectivity index (χ3n) is 11.1. The first-order chi connectivity index (χ1) is 22.8.